The second-order valence-electron chi connectivity index (χ2n) is 9.27. The average Bonchev–Trinajstić information content (AvgIpc) is 2.68. The first-order valence-corrected chi connectivity index (χ1v) is 12.0. The third-order valence-electron chi connectivity index (χ3n) is 5.86. The van der Waals surface area contributed by atoms with Crippen LogP contribution >= 0.6 is 0 Å². The molecule has 0 atom stereocenters. The van der Waals surface area contributed by atoms with Gasteiger partial charge in [-0.05, 0) is 25.0 Å². The highest BCUT2D eigenvalue weighted by Gasteiger charge is 2.15. The zero-order valence-corrected chi connectivity index (χ0v) is 19.5. The maximum absolute atomic E-state index is 5.35. The van der Waals surface area contributed by atoms with Crippen molar-refractivity contribution in [1.29, 1.82) is 0 Å². The molecule has 2 nitrogen and oxygen atoms in total. The van der Waals surface area contributed by atoms with Crippen molar-refractivity contribution < 1.29 is 9.22 Å². The van der Waals surface area contributed by atoms with E-state index in [1.54, 1.807) is 7.11 Å². The molecule has 1 aromatic rings. The molecule has 0 amide bonds. The molecule has 0 unspecified atom stereocenters. The van der Waals surface area contributed by atoms with Crippen LogP contribution in [0.5, 0.6) is 5.75 Å². The van der Waals surface area contributed by atoms with Gasteiger partial charge in [-0.3, -0.25) is 0 Å². The Hall–Kier alpha value is -1.02. The van der Waals surface area contributed by atoms with Crippen LogP contribution in [-0.4, -0.2) is 32.2 Å². The summed E-state index contributed by atoms with van der Waals surface area (Å²) in [5, 5.41) is 0. The largest absolute Gasteiger partial charge is 0.497 e. The Labute approximate surface area is 176 Å². The molecule has 0 aliphatic rings. The topological polar surface area (TPSA) is 9.23 Å². The first kappa shape index (κ1) is 25.0. The van der Waals surface area contributed by atoms with Crippen molar-refractivity contribution in [3.8, 4) is 5.75 Å². The molecule has 1 rings (SSSR count). The minimum absolute atomic E-state index is 0.967. The third-order valence-corrected chi connectivity index (χ3v) is 5.86. The molecule has 0 spiro atoms. The quantitative estimate of drug-likeness (QED) is 0.184. The molecular weight excluding hydrogens is 342 g/mol. The van der Waals surface area contributed by atoms with Gasteiger partial charge < -0.3 is 9.22 Å². The summed E-state index contributed by atoms with van der Waals surface area (Å²) in [6.45, 7) is 4.63. The lowest BCUT2D eigenvalue weighted by atomic mass is 10.0. The van der Waals surface area contributed by atoms with Gasteiger partial charge in [0.1, 0.15) is 12.3 Å². The molecule has 0 heterocycles. The second-order valence-corrected chi connectivity index (χ2v) is 9.27. The molecule has 0 saturated carbocycles. The lowest BCUT2D eigenvalue weighted by Crippen LogP contribution is -2.39. The van der Waals surface area contributed by atoms with Crippen molar-refractivity contribution in [2.24, 2.45) is 0 Å². The summed E-state index contributed by atoms with van der Waals surface area (Å²) in [7, 11) is 6.44. The van der Waals surface area contributed by atoms with E-state index in [0.29, 0.717) is 0 Å². The molecule has 0 fully saturated rings. The number of hydrogen-bond donors (Lipinski definition) is 0. The minimum atomic E-state index is 0.967. The van der Waals surface area contributed by atoms with Crippen LogP contribution in [-0.2, 0) is 6.54 Å². The van der Waals surface area contributed by atoms with Crippen LogP contribution in [0.3, 0.4) is 0 Å². The van der Waals surface area contributed by atoms with Gasteiger partial charge in [0.05, 0.1) is 27.7 Å². The number of benzene rings is 1. The molecule has 1 aromatic carbocycles. The van der Waals surface area contributed by atoms with Gasteiger partial charge in [-0.1, -0.05) is 96.1 Å². The second kappa shape index (κ2) is 15.9. The number of nitrogens with zero attached hydrogens (tertiary/aromatic N) is 1. The Morgan fingerprint density at radius 2 is 1.21 bits per heavy atom. The van der Waals surface area contributed by atoms with E-state index in [0.717, 1.165) is 16.8 Å². The van der Waals surface area contributed by atoms with Gasteiger partial charge in [0.15, 0.2) is 0 Å². The van der Waals surface area contributed by atoms with E-state index >= 15 is 0 Å². The first-order chi connectivity index (χ1) is 13.6. The number of ether oxygens (including phenoxy) is 1. The molecule has 2 heteroatoms. The number of rotatable bonds is 18. The SMILES string of the molecule is CCCCCCCCCCCCCCCC[N+](C)(C)Cc1cccc(OC)c1. The van der Waals surface area contributed by atoms with Crippen LogP contribution in [0.15, 0.2) is 24.3 Å². The summed E-state index contributed by atoms with van der Waals surface area (Å²) < 4.78 is 6.41. The van der Waals surface area contributed by atoms with Crippen molar-refractivity contribution in [3.05, 3.63) is 29.8 Å². The molecule has 0 aliphatic carbocycles. The fraction of sp³-hybridized carbons (Fsp3) is 0.769. The molecule has 0 aliphatic heterocycles. The highest BCUT2D eigenvalue weighted by atomic mass is 16.5. The molecule has 162 valence electrons. The van der Waals surface area contributed by atoms with Gasteiger partial charge >= 0.3 is 0 Å². The maximum atomic E-state index is 5.35. The van der Waals surface area contributed by atoms with Crippen LogP contribution in [0.2, 0.25) is 0 Å². The summed E-state index contributed by atoms with van der Waals surface area (Å²) in [5.41, 5.74) is 1.37. The zero-order valence-electron chi connectivity index (χ0n) is 19.5. The average molecular weight is 391 g/mol. The molecule has 0 saturated heterocycles. The lowest BCUT2D eigenvalue weighted by molar-refractivity contribution is -0.903. The van der Waals surface area contributed by atoms with Gasteiger partial charge in [0.2, 0.25) is 0 Å². The first-order valence-electron chi connectivity index (χ1n) is 12.0. The predicted molar refractivity (Wildman–Crippen MR) is 124 cm³/mol. The van der Waals surface area contributed by atoms with Crippen molar-refractivity contribution >= 4 is 0 Å². The lowest BCUT2D eigenvalue weighted by Gasteiger charge is -2.30. The van der Waals surface area contributed by atoms with E-state index in [9.17, 15) is 0 Å². The van der Waals surface area contributed by atoms with Crippen LogP contribution in [0.25, 0.3) is 0 Å². The van der Waals surface area contributed by atoms with Crippen molar-refractivity contribution in [2.75, 3.05) is 27.7 Å². The molecule has 28 heavy (non-hydrogen) atoms. The van der Waals surface area contributed by atoms with E-state index in [1.807, 2.05) is 6.07 Å². The maximum Gasteiger partial charge on any atom is 0.119 e. The summed E-state index contributed by atoms with van der Waals surface area (Å²) in [5.74, 6) is 0.967. The van der Waals surface area contributed by atoms with Crippen LogP contribution in [0.1, 0.15) is 102 Å². The molecule has 0 N–H and O–H groups in total. The van der Waals surface area contributed by atoms with Crippen LogP contribution in [0.4, 0.5) is 0 Å². The van der Waals surface area contributed by atoms with E-state index in [4.69, 9.17) is 4.74 Å². The number of hydrogen-bond acceptors (Lipinski definition) is 1. The van der Waals surface area contributed by atoms with E-state index < -0.39 is 0 Å². The third kappa shape index (κ3) is 13.2. The molecular formula is C26H48NO+. The number of methoxy groups -OCH3 is 1. The Balaban J connectivity index is 1.96. The van der Waals surface area contributed by atoms with Gasteiger partial charge in [-0.15, -0.1) is 0 Å². The molecule has 0 bridgehead atoms. The predicted octanol–water partition coefficient (Wildman–Crippen LogP) is 7.75. The fourth-order valence-electron chi connectivity index (χ4n) is 4.08. The standard InChI is InChI=1S/C26H48NO/c1-5-6-7-8-9-10-11-12-13-14-15-16-17-18-22-27(2,3)24-25-20-19-21-26(23-25)28-4/h19-21,23H,5-18,22,24H2,1-4H3/q+1. The smallest absolute Gasteiger partial charge is 0.119 e. The van der Waals surface area contributed by atoms with Gasteiger partial charge in [0.25, 0.3) is 0 Å². The normalized spacial score (nSPS) is 11.7. The Bertz CT molecular complexity index is 483. The summed E-state index contributed by atoms with van der Waals surface area (Å²) in [6, 6.07) is 8.51. The Morgan fingerprint density at radius 3 is 1.71 bits per heavy atom. The summed E-state index contributed by atoms with van der Waals surface area (Å²) in [4.78, 5) is 0. The summed E-state index contributed by atoms with van der Waals surface area (Å²) >= 11 is 0. The van der Waals surface area contributed by atoms with Crippen LogP contribution in [0, 0.1) is 0 Å². The highest BCUT2D eigenvalue weighted by molar-refractivity contribution is 5.27. The van der Waals surface area contributed by atoms with E-state index in [-0.39, 0.29) is 0 Å². The Kier molecular flexibility index (Phi) is 14.2. The zero-order chi connectivity index (χ0) is 20.5. The van der Waals surface area contributed by atoms with Gasteiger partial charge in [0, 0.05) is 5.56 Å². The number of quaternary nitrogens is 1. The van der Waals surface area contributed by atoms with Crippen molar-refractivity contribution in [3.63, 3.8) is 0 Å². The van der Waals surface area contributed by atoms with E-state index in [2.05, 4.69) is 39.2 Å². The van der Waals surface area contributed by atoms with Gasteiger partial charge in [-0.25, -0.2) is 0 Å². The minimum Gasteiger partial charge on any atom is -0.497 e. The summed E-state index contributed by atoms with van der Waals surface area (Å²) in [6.07, 6.45) is 20.0. The molecule has 0 aromatic heterocycles. The van der Waals surface area contributed by atoms with Crippen LogP contribution < -0.4 is 4.74 Å². The fourth-order valence-corrected chi connectivity index (χ4v) is 4.08. The highest BCUT2D eigenvalue weighted by Crippen LogP contribution is 2.18. The van der Waals surface area contributed by atoms with E-state index in [1.165, 1.54) is 102 Å². The van der Waals surface area contributed by atoms with Gasteiger partial charge in [-0.2, -0.15) is 0 Å². The number of unbranched alkanes of at least 4 members (excludes halogenated alkanes) is 13. The monoisotopic (exact) mass is 390 g/mol. The van der Waals surface area contributed by atoms with Crippen molar-refractivity contribution in [2.45, 2.75) is 103 Å². The van der Waals surface area contributed by atoms with Crippen molar-refractivity contribution in [1.82, 2.24) is 0 Å². The Morgan fingerprint density at radius 1 is 0.714 bits per heavy atom. The molecule has 0 radical (unpaired) electrons.